The van der Waals surface area contributed by atoms with Gasteiger partial charge in [0.2, 0.25) is 0 Å². The van der Waals surface area contributed by atoms with E-state index in [1.54, 1.807) is 0 Å². The number of allylic oxidation sites excluding steroid dienone is 5. The number of unbranched alkanes of at least 4 members (excludes halogenated alkanes) is 12. The number of hydrogen-bond donors (Lipinski definition) is 2. The minimum atomic E-state index is -4.76. The summed E-state index contributed by atoms with van der Waals surface area (Å²) in [6.45, 7) is 3.55. The molecule has 0 spiro atoms. The molecule has 2 unspecified atom stereocenters. The zero-order valence-corrected chi connectivity index (χ0v) is 29.6. The van der Waals surface area contributed by atoms with E-state index >= 15 is 0 Å². The average molecular weight is 671 g/mol. The summed E-state index contributed by atoms with van der Waals surface area (Å²) in [5.74, 6) is -0.964. The molecule has 0 aromatic carbocycles. The quantitative estimate of drug-likeness (QED) is 0.0244. The van der Waals surface area contributed by atoms with Crippen molar-refractivity contribution in [3.63, 3.8) is 0 Å². The second-order valence-electron chi connectivity index (χ2n) is 12.2. The van der Waals surface area contributed by atoms with E-state index in [1.165, 1.54) is 64.2 Å². The van der Waals surface area contributed by atoms with E-state index in [9.17, 15) is 14.2 Å². The van der Waals surface area contributed by atoms with Crippen LogP contribution in [0.3, 0.4) is 0 Å². The Hall–Kier alpha value is -1.77. The Kier molecular flexibility index (Phi) is 26.0. The summed E-state index contributed by atoms with van der Waals surface area (Å²) in [6, 6.07) is 0. The van der Waals surface area contributed by atoms with Crippen LogP contribution < -0.4 is 0 Å². The maximum atomic E-state index is 12.3. The van der Waals surface area contributed by atoms with Crippen LogP contribution in [0.2, 0.25) is 0 Å². The van der Waals surface area contributed by atoms with Gasteiger partial charge in [-0.3, -0.25) is 14.1 Å². The third kappa shape index (κ3) is 27.4. The fourth-order valence-corrected chi connectivity index (χ4v) is 5.41. The standard InChI is InChI=1S/C36H63O9P/c1-3-5-7-9-11-13-15-16-17-19-21-23-26-33-34(45-33)27-25-29-35(37)42-30-32(31-43-46(39,40)41)44-36(38)28-24-22-20-18-14-12-10-8-6-4-2/h11,13,16-17,21,23,32-34H,3-10,12,14-15,18-20,22,24-31H2,1-2H3,(H2,39,40,41)/b13-11-,17-16-,23-21-/t32-,33?,34?/m1/s1. The van der Waals surface area contributed by atoms with Crippen molar-refractivity contribution in [2.75, 3.05) is 13.2 Å². The summed E-state index contributed by atoms with van der Waals surface area (Å²) in [4.78, 5) is 42.7. The van der Waals surface area contributed by atoms with Gasteiger partial charge in [-0.1, -0.05) is 121 Å². The molecule has 0 amide bonds. The molecule has 0 aromatic heterocycles. The molecule has 1 aliphatic rings. The van der Waals surface area contributed by atoms with E-state index in [0.717, 1.165) is 44.9 Å². The van der Waals surface area contributed by atoms with E-state index in [0.29, 0.717) is 12.8 Å². The molecule has 10 heteroatoms. The van der Waals surface area contributed by atoms with Gasteiger partial charge in [0.1, 0.15) is 6.61 Å². The lowest BCUT2D eigenvalue weighted by molar-refractivity contribution is -0.161. The molecule has 0 bridgehead atoms. The van der Waals surface area contributed by atoms with Crippen LogP contribution in [0.5, 0.6) is 0 Å². The molecule has 1 heterocycles. The highest BCUT2D eigenvalue weighted by Gasteiger charge is 2.36. The Bertz CT molecular complexity index is 911. The SMILES string of the molecule is CCCCC/C=C\C/C=C\C/C=C\CC1OC1CCCC(=O)OC[C@H](COP(=O)(O)O)OC(=O)CCCCCCCCCCCC. The molecule has 0 saturated carbocycles. The molecule has 1 fully saturated rings. The van der Waals surface area contributed by atoms with Gasteiger partial charge in [0.15, 0.2) is 6.10 Å². The molecule has 1 saturated heterocycles. The largest absolute Gasteiger partial charge is 0.469 e. The van der Waals surface area contributed by atoms with Gasteiger partial charge in [0.05, 0.1) is 18.8 Å². The molecule has 46 heavy (non-hydrogen) atoms. The van der Waals surface area contributed by atoms with Crippen LogP contribution in [0, 0.1) is 0 Å². The average Bonchev–Trinajstić information content (AvgIpc) is 3.77. The molecule has 266 valence electrons. The van der Waals surface area contributed by atoms with Crippen molar-refractivity contribution in [2.45, 2.75) is 167 Å². The maximum absolute atomic E-state index is 12.3. The van der Waals surface area contributed by atoms with Crippen molar-refractivity contribution in [3.8, 4) is 0 Å². The molecule has 9 nitrogen and oxygen atoms in total. The highest BCUT2D eigenvalue weighted by atomic mass is 31.2. The number of carbonyl (C=O) groups is 2. The van der Waals surface area contributed by atoms with Gasteiger partial charge in [-0.25, -0.2) is 4.57 Å². The molecular formula is C36H63O9P. The summed E-state index contributed by atoms with van der Waals surface area (Å²) >= 11 is 0. The van der Waals surface area contributed by atoms with Gasteiger partial charge >= 0.3 is 19.8 Å². The number of phosphoric ester groups is 1. The number of epoxide rings is 1. The maximum Gasteiger partial charge on any atom is 0.469 e. The molecule has 1 rings (SSSR count). The highest BCUT2D eigenvalue weighted by molar-refractivity contribution is 7.46. The summed E-state index contributed by atoms with van der Waals surface area (Å²) in [5.41, 5.74) is 0. The Morgan fingerprint density at radius 1 is 0.696 bits per heavy atom. The Labute approximate surface area is 278 Å². The van der Waals surface area contributed by atoms with Crippen molar-refractivity contribution in [1.82, 2.24) is 0 Å². The zero-order chi connectivity index (χ0) is 33.7. The minimum Gasteiger partial charge on any atom is -0.462 e. The zero-order valence-electron chi connectivity index (χ0n) is 28.7. The second kappa shape index (κ2) is 28.3. The van der Waals surface area contributed by atoms with Crippen LogP contribution in [-0.2, 0) is 32.9 Å². The molecule has 0 aromatic rings. The fraction of sp³-hybridized carbons (Fsp3) is 0.778. The van der Waals surface area contributed by atoms with E-state index in [-0.39, 0.29) is 31.7 Å². The lowest BCUT2D eigenvalue weighted by Crippen LogP contribution is -2.29. The molecule has 1 aliphatic heterocycles. The van der Waals surface area contributed by atoms with Gasteiger partial charge in [-0.05, 0) is 51.4 Å². The molecule has 0 aliphatic carbocycles. The third-order valence-corrected chi connectivity index (χ3v) is 8.32. The van der Waals surface area contributed by atoms with Gasteiger partial charge in [0.25, 0.3) is 0 Å². The number of phosphoric acid groups is 1. The van der Waals surface area contributed by atoms with E-state index < -0.39 is 32.5 Å². The number of ether oxygens (including phenoxy) is 3. The lowest BCUT2D eigenvalue weighted by Gasteiger charge is -2.18. The van der Waals surface area contributed by atoms with Crippen molar-refractivity contribution >= 4 is 19.8 Å². The Morgan fingerprint density at radius 2 is 1.26 bits per heavy atom. The normalized spacial score (nSPS) is 17.3. The second-order valence-corrected chi connectivity index (χ2v) is 13.5. The number of carbonyl (C=O) groups excluding carboxylic acids is 2. The first kappa shape index (κ1) is 42.3. The fourth-order valence-electron chi connectivity index (χ4n) is 5.05. The van der Waals surface area contributed by atoms with Crippen LogP contribution >= 0.6 is 7.82 Å². The van der Waals surface area contributed by atoms with Gasteiger partial charge in [-0.2, -0.15) is 0 Å². The smallest absolute Gasteiger partial charge is 0.462 e. The monoisotopic (exact) mass is 670 g/mol. The predicted molar refractivity (Wildman–Crippen MR) is 183 cm³/mol. The van der Waals surface area contributed by atoms with Crippen molar-refractivity contribution in [2.24, 2.45) is 0 Å². The van der Waals surface area contributed by atoms with Crippen LogP contribution in [0.4, 0.5) is 0 Å². The molecule has 0 radical (unpaired) electrons. The lowest BCUT2D eigenvalue weighted by atomic mass is 10.1. The topological polar surface area (TPSA) is 132 Å². The number of rotatable bonds is 31. The number of esters is 2. The van der Waals surface area contributed by atoms with Crippen LogP contribution in [-0.4, -0.2) is 53.3 Å². The van der Waals surface area contributed by atoms with Crippen LogP contribution in [0.15, 0.2) is 36.5 Å². The summed E-state index contributed by atoms with van der Waals surface area (Å²) in [5, 5.41) is 0. The van der Waals surface area contributed by atoms with Crippen LogP contribution in [0.25, 0.3) is 0 Å². The first-order valence-corrected chi connectivity index (χ1v) is 19.4. The summed E-state index contributed by atoms with van der Waals surface area (Å²) < 4.78 is 31.9. The van der Waals surface area contributed by atoms with E-state index in [1.807, 2.05) is 0 Å². The van der Waals surface area contributed by atoms with Gasteiger partial charge in [0, 0.05) is 12.8 Å². The first-order chi connectivity index (χ1) is 22.2. The van der Waals surface area contributed by atoms with Gasteiger partial charge < -0.3 is 24.0 Å². The Morgan fingerprint density at radius 3 is 1.91 bits per heavy atom. The summed E-state index contributed by atoms with van der Waals surface area (Å²) in [7, 11) is -4.76. The molecular weight excluding hydrogens is 607 g/mol. The van der Waals surface area contributed by atoms with E-state index in [2.05, 4.69) is 54.8 Å². The molecule has 2 N–H and O–H groups in total. The van der Waals surface area contributed by atoms with Crippen molar-refractivity contribution in [3.05, 3.63) is 36.5 Å². The third-order valence-electron chi connectivity index (χ3n) is 7.84. The predicted octanol–water partition coefficient (Wildman–Crippen LogP) is 9.22. The van der Waals surface area contributed by atoms with Crippen molar-refractivity contribution < 1.29 is 42.7 Å². The molecule has 3 atom stereocenters. The Balaban J connectivity index is 2.17. The minimum absolute atomic E-state index is 0.141. The van der Waals surface area contributed by atoms with Crippen LogP contribution in [0.1, 0.15) is 149 Å². The van der Waals surface area contributed by atoms with Crippen molar-refractivity contribution in [1.29, 1.82) is 0 Å². The summed E-state index contributed by atoms with van der Waals surface area (Å²) in [6.07, 6.45) is 33.2. The van der Waals surface area contributed by atoms with E-state index in [4.69, 9.17) is 24.0 Å². The highest BCUT2D eigenvalue weighted by Crippen LogP contribution is 2.36. The van der Waals surface area contributed by atoms with Gasteiger partial charge in [-0.15, -0.1) is 0 Å². The number of hydrogen-bond acceptors (Lipinski definition) is 7. The first-order valence-electron chi connectivity index (χ1n) is 17.9.